The topological polar surface area (TPSA) is 41.1 Å². The van der Waals surface area contributed by atoms with Gasteiger partial charge >= 0.3 is 0 Å². The molecule has 0 aliphatic carbocycles. The Bertz CT molecular complexity index is 656. The van der Waals surface area contributed by atoms with Crippen LogP contribution in [0.5, 0.6) is 0 Å². The van der Waals surface area contributed by atoms with Crippen LogP contribution in [0.15, 0.2) is 36.4 Å². The van der Waals surface area contributed by atoms with Gasteiger partial charge in [0.25, 0.3) is 0 Å². The number of carbonyl (C=O) groups excluding carboxylic acids is 1. The van der Waals surface area contributed by atoms with Crippen molar-refractivity contribution >= 4 is 28.9 Å². The van der Waals surface area contributed by atoms with Crippen LogP contribution in [0.25, 0.3) is 0 Å². The second kappa shape index (κ2) is 6.49. The summed E-state index contributed by atoms with van der Waals surface area (Å²) in [4.78, 5) is 11.7. The van der Waals surface area contributed by atoms with E-state index in [9.17, 15) is 18.0 Å². The minimum Gasteiger partial charge on any atom is -0.376 e. The van der Waals surface area contributed by atoms with Crippen molar-refractivity contribution in [3.05, 3.63) is 58.9 Å². The maximum Gasteiger partial charge on any atom is 0.243 e. The highest BCUT2D eigenvalue weighted by Gasteiger charge is 2.11. The highest BCUT2D eigenvalue weighted by Crippen LogP contribution is 2.17. The number of nitrogens with one attached hydrogen (secondary N) is 2. The minimum absolute atomic E-state index is 0.0346. The second-order valence-electron chi connectivity index (χ2n) is 4.17. The van der Waals surface area contributed by atoms with Crippen molar-refractivity contribution in [1.82, 2.24) is 0 Å². The van der Waals surface area contributed by atoms with Crippen molar-refractivity contribution in [2.24, 2.45) is 0 Å². The summed E-state index contributed by atoms with van der Waals surface area (Å²) < 4.78 is 38.7. The van der Waals surface area contributed by atoms with Crippen LogP contribution in [0.3, 0.4) is 0 Å². The van der Waals surface area contributed by atoms with Gasteiger partial charge in [-0.3, -0.25) is 4.79 Å². The van der Waals surface area contributed by atoms with E-state index < -0.39 is 23.4 Å². The van der Waals surface area contributed by atoms with Crippen molar-refractivity contribution in [1.29, 1.82) is 0 Å². The zero-order valence-corrected chi connectivity index (χ0v) is 11.3. The fourth-order valence-corrected chi connectivity index (χ4v) is 1.80. The summed E-state index contributed by atoms with van der Waals surface area (Å²) in [5.74, 6) is -4.65. The molecule has 0 unspecified atom stereocenters. The Labute approximate surface area is 123 Å². The van der Waals surface area contributed by atoms with E-state index in [4.69, 9.17) is 11.6 Å². The molecule has 3 nitrogen and oxygen atoms in total. The predicted molar refractivity (Wildman–Crippen MR) is 74.9 cm³/mol. The molecule has 0 atom stereocenters. The van der Waals surface area contributed by atoms with Gasteiger partial charge in [-0.15, -0.1) is 0 Å². The molecule has 21 heavy (non-hydrogen) atoms. The molecule has 0 aliphatic rings. The van der Waals surface area contributed by atoms with Crippen molar-refractivity contribution in [2.75, 3.05) is 17.2 Å². The number of amides is 1. The molecule has 0 fully saturated rings. The van der Waals surface area contributed by atoms with Crippen LogP contribution in [0.2, 0.25) is 5.02 Å². The lowest BCUT2D eigenvalue weighted by atomic mass is 10.3. The lowest BCUT2D eigenvalue weighted by molar-refractivity contribution is -0.114. The third kappa shape index (κ3) is 4.13. The summed E-state index contributed by atoms with van der Waals surface area (Å²) in [5, 5.41) is 5.50. The lowest BCUT2D eigenvalue weighted by Gasteiger charge is -2.08. The third-order valence-electron chi connectivity index (χ3n) is 2.55. The van der Waals surface area contributed by atoms with E-state index in [1.54, 1.807) is 24.3 Å². The van der Waals surface area contributed by atoms with Crippen LogP contribution < -0.4 is 10.6 Å². The first kappa shape index (κ1) is 15.2. The molecule has 2 aromatic rings. The van der Waals surface area contributed by atoms with Gasteiger partial charge in [-0.05, 0) is 18.2 Å². The van der Waals surface area contributed by atoms with Gasteiger partial charge in [0.1, 0.15) is 0 Å². The van der Waals surface area contributed by atoms with Crippen LogP contribution in [0, 0.1) is 17.5 Å². The Balaban J connectivity index is 1.95. The molecule has 2 aromatic carbocycles. The highest BCUT2D eigenvalue weighted by molar-refractivity contribution is 6.30. The molecule has 0 bridgehead atoms. The Kier molecular flexibility index (Phi) is 4.70. The number of hydrogen-bond donors (Lipinski definition) is 2. The van der Waals surface area contributed by atoms with Crippen LogP contribution in [0.4, 0.5) is 24.5 Å². The van der Waals surface area contributed by atoms with E-state index in [1.807, 2.05) is 0 Å². The van der Waals surface area contributed by atoms with E-state index in [0.29, 0.717) is 10.7 Å². The molecule has 2 rings (SSSR count). The SMILES string of the molecule is O=C(CNc1cc(F)c(F)c(F)c1)Nc1cccc(Cl)c1. The van der Waals surface area contributed by atoms with E-state index in [1.165, 1.54) is 0 Å². The fourth-order valence-electron chi connectivity index (χ4n) is 1.61. The maximum atomic E-state index is 13.0. The largest absolute Gasteiger partial charge is 0.376 e. The number of anilines is 2. The average molecular weight is 315 g/mol. The predicted octanol–water partition coefficient (Wildman–Crippen LogP) is 3.81. The van der Waals surface area contributed by atoms with Gasteiger partial charge in [0.15, 0.2) is 17.5 Å². The van der Waals surface area contributed by atoms with Crippen LogP contribution in [-0.4, -0.2) is 12.5 Å². The molecule has 110 valence electrons. The summed E-state index contributed by atoms with van der Waals surface area (Å²) in [6.45, 7) is -0.239. The molecular weight excluding hydrogens is 305 g/mol. The highest BCUT2D eigenvalue weighted by atomic mass is 35.5. The van der Waals surface area contributed by atoms with E-state index in [0.717, 1.165) is 12.1 Å². The molecule has 2 N–H and O–H groups in total. The first-order valence-electron chi connectivity index (χ1n) is 5.89. The monoisotopic (exact) mass is 314 g/mol. The van der Waals surface area contributed by atoms with Crippen LogP contribution in [-0.2, 0) is 4.79 Å². The quantitative estimate of drug-likeness (QED) is 0.843. The molecule has 0 aliphatic heterocycles. The maximum absolute atomic E-state index is 13.0. The zero-order chi connectivity index (χ0) is 15.4. The van der Waals surface area contributed by atoms with Gasteiger partial charge in [0.05, 0.1) is 6.54 Å². The number of benzene rings is 2. The van der Waals surface area contributed by atoms with Gasteiger partial charge in [-0.2, -0.15) is 0 Å². The van der Waals surface area contributed by atoms with Gasteiger partial charge in [-0.1, -0.05) is 17.7 Å². The molecule has 7 heteroatoms. The summed E-state index contributed by atoms with van der Waals surface area (Å²) >= 11 is 5.77. The molecule has 1 amide bonds. The van der Waals surface area contributed by atoms with Crippen molar-refractivity contribution in [2.45, 2.75) is 0 Å². The molecule has 0 aromatic heterocycles. The lowest BCUT2D eigenvalue weighted by Crippen LogP contribution is -2.21. The van der Waals surface area contributed by atoms with Crippen molar-refractivity contribution in [3.63, 3.8) is 0 Å². The Morgan fingerprint density at radius 3 is 2.33 bits per heavy atom. The third-order valence-corrected chi connectivity index (χ3v) is 2.78. The molecule has 0 heterocycles. The van der Waals surface area contributed by atoms with E-state index in [-0.39, 0.29) is 12.2 Å². The number of carbonyl (C=O) groups is 1. The van der Waals surface area contributed by atoms with Crippen LogP contribution in [0.1, 0.15) is 0 Å². The van der Waals surface area contributed by atoms with Gasteiger partial charge in [0.2, 0.25) is 5.91 Å². The van der Waals surface area contributed by atoms with E-state index in [2.05, 4.69) is 10.6 Å². The second-order valence-corrected chi connectivity index (χ2v) is 4.60. The molecular formula is C14H10ClF3N2O. The minimum atomic E-state index is -1.55. The Hall–Kier alpha value is -2.21. The van der Waals surface area contributed by atoms with Crippen molar-refractivity contribution in [3.8, 4) is 0 Å². The molecule has 0 saturated heterocycles. The normalized spacial score (nSPS) is 10.3. The molecule has 0 spiro atoms. The zero-order valence-electron chi connectivity index (χ0n) is 10.6. The molecule has 0 radical (unpaired) electrons. The number of halogens is 4. The van der Waals surface area contributed by atoms with Gasteiger partial charge in [-0.25, -0.2) is 13.2 Å². The molecule has 0 saturated carbocycles. The number of rotatable bonds is 4. The van der Waals surface area contributed by atoms with E-state index >= 15 is 0 Å². The smallest absolute Gasteiger partial charge is 0.243 e. The summed E-state index contributed by atoms with van der Waals surface area (Å²) in [6.07, 6.45) is 0. The van der Waals surface area contributed by atoms with Gasteiger partial charge < -0.3 is 10.6 Å². The summed E-state index contributed by atoms with van der Waals surface area (Å²) in [6, 6.07) is 8.05. The van der Waals surface area contributed by atoms with Crippen LogP contribution >= 0.6 is 11.6 Å². The standard InChI is InChI=1S/C14H10ClF3N2O/c15-8-2-1-3-9(4-8)20-13(21)7-19-10-5-11(16)14(18)12(17)6-10/h1-6,19H,7H2,(H,20,21). The van der Waals surface area contributed by atoms with Gasteiger partial charge in [0, 0.05) is 28.5 Å². The summed E-state index contributed by atoms with van der Waals surface area (Å²) in [7, 11) is 0. The first-order valence-corrected chi connectivity index (χ1v) is 6.27. The Morgan fingerprint density at radius 2 is 1.71 bits per heavy atom. The summed E-state index contributed by atoms with van der Waals surface area (Å²) in [5.41, 5.74) is 0.457. The van der Waals surface area contributed by atoms with Crippen molar-refractivity contribution < 1.29 is 18.0 Å². The Morgan fingerprint density at radius 1 is 1.05 bits per heavy atom. The number of hydrogen-bond acceptors (Lipinski definition) is 2. The first-order chi connectivity index (χ1) is 9.95. The average Bonchev–Trinajstić information content (AvgIpc) is 2.42. The fraction of sp³-hybridized carbons (Fsp3) is 0.0714.